The van der Waals surface area contributed by atoms with Gasteiger partial charge < -0.3 is 20.1 Å². The van der Waals surface area contributed by atoms with Crippen LogP contribution < -0.4 is 0 Å². The van der Waals surface area contributed by atoms with Crippen LogP contribution in [0.5, 0.6) is 0 Å². The molecule has 0 aliphatic rings. The van der Waals surface area contributed by atoms with Crippen molar-refractivity contribution in [2.45, 2.75) is 25.6 Å². The molecule has 1 aromatic heterocycles. The number of nitrogens with zero attached hydrogens (tertiary/aromatic N) is 1. The number of rotatable bonds is 5. The van der Waals surface area contributed by atoms with Gasteiger partial charge in [-0.3, -0.25) is 4.79 Å². The number of aryl methyl sites for hydroxylation is 1. The summed E-state index contributed by atoms with van der Waals surface area (Å²) in [5, 5.41) is 28.3. The van der Waals surface area contributed by atoms with E-state index in [0.29, 0.717) is 5.56 Å². The second-order valence-electron chi connectivity index (χ2n) is 4.03. The molecule has 0 spiro atoms. The number of pyridine rings is 1. The summed E-state index contributed by atoms with van der Waals surface area (Å²) in [6, 6.07) is 1.40. The van der Waals surface area contributed by atoms with Crippen molar-refractivity contribution in [3.05, 3.63) is 29.1 Å². The number of aliphatic hydroxyl groups is 2. The predicted molar refractivity (Wildman–Crippen MR) is 63.5 cm³/mol. The van der Waals surface area contributed by atoms with Crippen LogP contribution in [0.2, 0.25) is 0 Å². The Morgan fingerprint density at radius 1 is 1.42 bits per heavy atom. The van der Waals surface area contributed by atoms with E-state index in [9.17, 15) is 19.8 Å². The first-order valence-corrected chi connectivity index (χ1v) is 5.49. The fourth-order valence-corrected chi connectivity index (χ4v) is 1.57. The van der Waals surface area contributed by atoms with Crippen molar-refractivity contribution >= 4 is 11.9 Å². The maximum atomic E-state index is 11.0. The number of carboxylic acid groups (broad SMARTS) is 1. The highest BCUT2D eigenvalue weighted by molar-refractivity contribution is 5.86. The third-order valence-electron chi connectivity index (χ3n) is 2.61. The number of esters is 1. The molecule has 1 heterocycles. The minimum atomic E-state index is -1.34. The molecule has 104 valence electrons. The van der Waals surface area contributed by atoms with Gasteiger partial charge in [0.25, 0.3) is 0 Å². The molecule has 0 saturated heterocycles. The fraction of sp³-hybridized carbons (Fsp3) is 0.417. The maximum absolute atomic E-state index is 11.0. The third kappa shape index (κ3) is 3.73. The molecule has 19 heavy (non-hydrogen) atoms. The first-order valence-electron chi connectivity index (χ1n) is 5.49. The van der Waals surface area contributed by atoms with E-state index in [2.05, 4.69) is 9.72 Å². The Bertz CT molecular complexity index is 487. The van der Waals surface area contributed by atoms with Gasteiger partial charge in [-0.1, -0.05) is 0 Å². The van der Waals surface area contributed by atoms with Gasteiger partial charge in [-0.15, -0.1) is 0 Å². The van der Waals surface area contributed by atoms with Crippen LogP contribution in [0.25, 0.3) is 0 Å². The Morgan fingerprint density at radius 3 is 2.53 bits per heavy atom. The predicted octanol–water partition coefficient (Wildman–Crippen LogP) is 0.0456. The van der Waals surface area contributed by atoms with Crippen molar-refractivity contribution in [3.63, 3.8) is 0 Å². The molecule has 3 N–H and O–H groups in total. The standard InChI is InChI=1S/C12H15NO6/c1-6-3-7(5-13-10(6)12(17)18)11(16)8(14)4-9(15)19-2/h3,5,8,11,14,16H,4H2,1-2H3,(H,17,18). The van der Waals surface area contributed by atoms with Crippen LogP contribution >= 0.6 is 0 Å². The first kappa shape index (κ1) is 15.1. The average molecular weight is 269 g/mol. The van der Waals surface area contributed by atoms with Gasteiger partial charge in [-0.05, 0) is 18.6 Å². The molecule has 0 bridgehead atoms. The molecule has 1 rings (SSSR count). The van der Waals surface area contributed by atoms with E-state index in [1.165, 1.54) is 20.1 Å². The number of carbonyl (C=O) groups excluding carboxylic acids is 1. The lowest BCUT2D eigenvalue weighted by Crippen LogP contribution is -2.23. The smallest absolute Gasteiger partial charge is 0.354 e. The first-order chi connectivity index (χ1) is 8.86. The normalized spacial score (nSPS) is 13.7. The number of aromatic carboxylic acids is 1. The summed E-state index contributed by atoms with van der Waals surface area (Å²) in [5.74, 6) is -1.83. The summed E-state index contributed by atoms with van der Waals surface area (Å²) >= 11 is 0. The summed E-state index contributed by atoms with van der Waals surface area (Å²) in [5.41, 5.74) is 0.464. The molecule has 2 atom stereocenters. The average Bonchev–Trinajstić information content (AvgIpc) is 2.36. The van der Waals surface area contributed by atoms with Crippen LogP contribution in [0.1, 0.15) is 34.1 Å². The van der Waals surface area contributed by atoms with E-state index >= 15 is 0 Å². The van der Waals surface area contributed by atoms with Gasteiger partial charge in [-0.25, -0.2) is 9.78 Å². The highest BCUT2D eigenvalue weighted by Crippen LogP contribution is 2.20. The van der Waals surface area contributed by atoms with E-state index in [-0.39, 0.29) is 17.7 Å². The van der Waals surface area contributed by atoms with Crippen molar-refractivity contribution in [1.82, 2.24) is 4.98 Å². The Balaban J connectivity index is 2.88. The number of aliphatic hydroxyl groups excluding tert-OH is 2. The topological polar surface area (TPSA) is 117 Å². The quantitative estimate of drug-likeness (QED) is 0.646. The number of methoxy groups -OCH3 is 1. The molecular formula is C12H15NO6. The molecule has 0 aliphatic carbocycles. The van der Waals surface area contributed by atoms with Gasteiger partial charge in [0.2, 0.25) is 0 Å². The Kier molecular flexibility index (Phi) is 4.96. The monoisotopic (exact) mass is 269 g/mol. The third-order valence-corrected chi connectivity index (χ3v) is 2.61. The minimum absolute atomic E-state index is 0.126. The molecule has 0 amide bonds. The van der Waals surface area contributed by atoms with Gasteiger partial charge in [0.1, 0.15) is 6.10 Å². The van der Waals surface area contributed by atoms with Crippen molar-refractivity contribution in [3.8, 4) is 0 Å². The zero-order valence-electron chi connectivity index (χ0n) is 10.5. The van der Waals surface area contributed by atoms with Crippen molar-refractivity contribution < 1.29 is 29.6 Å². The van der Waals surface area contributed by atoms with Crippen LogP contribution in [0.15, 0.2) is 12.3 Å². The maximum Gasteiger partial charge on any atom is 0.354 e. The zero-order valence-corrected chi connectivity index (χ0v) is 10.5. The van der Waals surface area contributed by atoms with Crippen LogP contribution in [0.3, 0.4) is 0 Å². The lowest BCUT2D eigenvalue weighted by molar-refractivity contribution is -0.144. The lowest BCUT2D eigenvalue weighted by atomic mass is 10.0. The Morgan fingerprint density at radius 2 is 2.05 bits per heavy atom. The second kappa shape index (κ2) is 6.26. The molecule has 0 radical (unpaired) electrons. The number of ether oxygens (including phenoxy) is 1. The Hall–Kier alpha value is -1.99. The molecule has 7 nitrogen and oxygen atoms in total. The van der Waals surface area contributed by atoms with Crippen molar-refractivity contribution in [1.29, 1.82) is 0 Å². The van der Waals surface area contributed by atoms with Crippen molar-refractivity contribution in [2.75, 3.05) is 7.11 Å². The molecule has 0 aliphatic heterocycles. The van der Waals surface area contributed by atoms with E-state index < -0.39 is 24.1 Å². The number of carboxylic acids is 1. The number of hydrogen-bond acceptors (Lipinski definition) is 6. The highest BCUT2D eigenvalue weighted by atomic mass is 16.5. The minimum Gasteiger partial charge on any atom is -0.477 e. The van der Waals surface area contributed by atoms with Crippen LogP contribution in [0.4, 0.5) is 0 Å². The van der Waals surface area contributed by atoms with Crippen LogP contribution in [0, 0.1) is 6.92 Å². The highest BCUT2D eigenvalue weighted by Gasteiger charge is 2.23. The summed E-state index contributed by atoms with van der Waals surface area (Å²) in [6.07, 6.45) is -1.89. The summed E-state index contributed by atoms with van der Waals surface area (Å²) in [6.45, 7) is 1.53. The van der Waals surface area contributed by atoms with Gasteiger partial charge >= 0.3 is 11.9 Å². The van der Waals surface area contributed by atoms with Crippen LogP contribution in [-0.4, -0.2) is 45.5 Å². The Labute approximate surface area is 109 Å². The molecule has 0 fully saturated rings. The molecule has 0 saturated carbocycles. The molecular weight excluding hydrogens is 254 g/mol. The van der Waals surface area contributed by atoms with Crippen LogP contribution in [-0.2, 0) is 9.53 Å². The van der Waals surface area contributed by atoms with Gasteiger partial charge in [0.15, 0.2) is 5.69 Å². The van der Waals surface area contributed by atoms with E-state index in [4.69, 9.17) is 5.11 Å². The van der Waals surface area contributed by atoms with E-state index in [1.54, 1.807) is 0 Å². The molecule has 1 aromatic rings. The summed E-state index contributed by atoms with van der Waals surface area (Å²) in [7, 11) is 1.18. The zero-order chi connectivity index (χ0) is 14.6. The van der Waals surface area contributed by atoms with Gasteiger partial charge in [-0.2, -0.15) is 0 Å². The van der Waals surface area contributed by atoms with Gasteiger partial charge in [0.05, 0.1) is 19.6 Å². The SMILES string of the molecule is COC(=O)CC(O)C(O)c1cnc(C(=O)O)c(C)c1. The summed E-state index contributed by atoms with van der Waals surface area (Å²) < 4.78 is 4.38. The van der Waals surface area contributed by atoms with Crippen molar-refractivity contribution in [2.24, 2.45) is 0 Å². The number of aromatic nitrogens is 1. The fourth-order valence-electron chi connectivity index (χ4n) is 1.57. The van der Waals surface area contributed by atoms with Gasteiger partial charge in [0, 0.05) is 11.8 Å². The lowest BCUT2D eigenvalue weighted by Gasteiger charge is -2.17. The van der Waals surface area contributed by atoms with E-state index in [0.717, 1.165) is 6.20 Å². The molecule has 7 heteroatoms. The number of hydrogen-bond donors (Lipinski definition) is 3. The van der Waals surface area contributed by atoms with E-state index in [1.807, 2.05) is 0 Å². The second-order valence-corrected chi connectivity index (χ2v) is 4.03. The largest absolute Gasteiger partial charge is 0.477 e. The number of carbonyl (C=O) groups is 2. The molecule has 2 unspecified atom stereocenters. The summed E-state index contributed by atoms with van der Waals surface area (Å²) in [4.78, 5) is 25.5. The molecule has 0 aromatic carbocycles.